The van der Waals surface area contributed by atoms with Crippen LogP contribution in [-0.4, -0.2) is 34.8 Å². The molecule has 4 rings (SSSR count). The standard InChI is InChI=1S/C27H30FNO4/c1-16(2)21-15-18(11-14-22(21)33-3)25(30)23-24(17-9-12-19(28)13-10-17)29(27(32)26(23)31)20-7-5-4-6-8-20/h9-16,20,24,30H,4-8H2,1-3H3/b25-23-. The lowest BCUT2D eigenvalue weighted by atomic mass is 9.90. The van der Waals surface area contributed by atoms with Crippen molar-refractivity contribution < 1.29 is 23.8 Å². The lowest BCUT2D eigenvalue weighted by molar-refractivity contribution is -0.141. The topological polar surface area (TPSA) is 66.8 Å². The summed E-state index contributed by atoms with van der Waals surface area (Å²) in [6.45, 7) is 4.03. The van der Waals surface area contributed by atoms with Crippen LogP contribution in [0, 0.1) is 5.82 Å². The van der Waals surface area contributed by atoms with Gasteiger partial charge in [-0.25, -0.2) is 4.39 Å². The molecule has 2 aromatic rings. The number of aliphatic hydroxyl groups excluding tert-OH is 1. The van der Waals surface area contributed by atoms with E-state index in [4.69, 9.17) is 4.74 Å². The van der Waals surface area contributed by atoms with Crippen LogP contribution < -0.4 is 4.74 Å². The Bertz CT molecular complexity index is 1080. The Morgan fingerprint density at radius 3 is 2.33 bits per heavy atom. The van der Waals surface area contributed by atoms with Crippen LogP contribution in [0.4, 0.5) is 4.39 Å². The van der Waals surface area contributed by atoms with Crippen LogP contribution >= 0.6 is 0 Å². The van der Waals surface area contributed by atoms with Gasteiger partial charge in [0.1, 0.15) is 17.3 Å². The average molecular weight is 452 g/mol. The average Bonchev–Trinajstić information content (AvgIpc) is 3.09. The number of halogens is 1. The molecule has 1 aliphatic carbocycles. The van der Waals surface area contributed by atoms with Crippen molar-refractivity contribution in [3.8, 4) is 5.75 Å². The van der Waals surface area contributed by atoms with E-state index in [2.05, 4.69) is 0 Å². The quantitative estimate of drug-likeness (QED) is 0.359. The highest BCUT2D eigenvalue weighted by Crippen LogP contribution is 2.43. The van der Waals surface area contributed by atoms with Gasteiger partial charge < -0.3 is 14.7 Å². The SMILES string of the molecule is COc1ccc(/C(O)=C2/C(=O)C(=O)N(C3CCCCC3)C2c2ccc(F)cc2)cc1C(C)C. The Kier molecular flexibility index (Phi) is 6.54. The van der Waals surface area contributed by atoms with Crippen molar-refractivity contribution in [2.75, 3.05) is 7.11 Å². The van der Waals surface area contributed by atoms with Gasteiger partial charge >= 0.3 is 0 Å². The molecular formula is C27H30FNO4. The van der Waals surface area contributed by atoms with Gasteiger partial charge in [0.05, 0.1) is 18.7 Å². The predicted molar refractivity (Wildman–Crippen MR) is 124 cm³/mol. The van der Waals surface area contributed by atoms with E-state index in [1.807, 2.05) is 13.8 Å². The second-order valence-electron chi connectivity index (χ2n) is 9.16. The van der Waals surface area contributed by atoms with Crippen molar-refractivity contribution in [2.45, 2.75) is 64.0 Å². The number of hydrogen-bond acceptors (Lipinski definition) is 4. The monoisotopic (exact) mass is 451 g/mol. The molecule has 0 aromatic heterocycles. The molecule has 0 spiro atoms. The zero-order valence-electron chi connectivity index (χ0n) is 19.3. The van der Waals surface area contributed by atoms with Crippen LogP contribution in [0.2, 0.25) is 0 Å². The summed E-state index contributed by atoms with van der Waals surface area (Å²) in [5, 5.41) is 11.3. The second kappa shape index (κ2) is 9.38. The molecule has 1 heterocycles. The van der Waals surface area contributed by atoms with Crippen LogP contribution in [0.1, 0.15) is 74.6 Å². The zero-order valence-corrected chi connectivity index (χ0v) is 19.3. The molecule has 174 valence electrons. The number of ether oxygens (including phenoxy) is 1. The highest BCUT2D eigenvalue weighted by molar-refractivity contribution is 6.46. The molecule has 1 aliphatic heterocycles. The van der Waals surface area contributed by atoms with Gasteiger partial charge in [-0.15, -0.1) is 0 Å². The number of rotatable bonds is 5. The first-order chi connectivity index (χ1) is 15.8. The minimum Gasteiger partial charge on any atom is -0.507 e. The third-order valence-electron chi connectivity index (χ3n) is 6.76. The first-order valence-corrected chi connectivity index (χ1v) is 11.6. The molecule has 33 heavy (non-hydrogen) atoms. The number of methoxy groups -OCH3 is 1. The van der Waals surface area contributed by atoms with Crippen molar-refractivity contribution in [1.29, 1.82) is 0 Å². The Morgan fingerprint density at radius 2 is 1.73 bits per heavy atom. The summed E-state index contributed by atoms with van der Waals surface area (Å²) in [4.78, 5) is 28.1. The van der Waals surface area contributed by atoms with E-state index in [0.29, 0.717) is 16.9 Å². The Balaban J connectivity index is 1.88. The van der Waals surface area contributed by atoms with Gasteiger partial charge in [-0.3, -0.25) is 9.59 Å². The molecule has 2 aromatic carbocycles. The zero-order chi connectivity index (χ0) is 23.7. The Morgan fingerprint density at radius 1 is 1.06 bits per heavy atom. The molecule has 0 bridgehead atoms. The van der Waals surface area contributed by atoms with E-state index < -0.39 is 23.5 Å². The molecule has 5 nitrogen and oxygen atoms in total. The van der Waals surface area contributed by atoms with Gasteiger partial charge in [-0.2, -0.15) is 0 Å². The number of likely N-dealkylation sites (tertiary alicyclic amines) is 1. The summed E-state index contributed by atoms with van der Waals surface area (Å²) < 4.78 is 19.1. The van der Waals surface area contributed by atoms with Crippen LogP contribution in [0.25, 0.3) is 5.76 Å². The molecule has 0 radical (unpaired) electrons. The van der Waals surface area contributed by atoms with Crippen molar-refractivity contribution in [1.82, 2.24) is 4.90 Å². The van der Waals surface area contributed by atoms with E-state index in [-0.39, 0.29) is 23.3 Å². The minimum atomic E-state index is -0.752. The number of carbonyl (C=O) groups is 2. The van der Waals surface area contributed by atoms with Crippen LogP contribution in [0.15, 0.2) is 48.0 Å². The van der Waals surface area contributed by atoms with E-state index in [1.165, 1.54) is 12.1 Å². The summed E-state index contributed by atoms with van der Waals surface area (Å²) in [6.07, 6.45) is 4.70. The largest absolute Gasteiger partial charge is 0.507 e. The van der Waals surface area contributed by atoms with E-state index in [9.17, 15) is 19.1 Å². The first kappa shape index (κ1) is 23.0. The van der Waals surface area contributed by atoms with Crippen LogP contribution in [0.3, 0.4) is 0 Å². The fourth-order valence-corrected chi connectivity index (χ4v) is 5.05. The van der Waals surface area contributed by atoms with Crippen LogP contribution in [0.5, 0.6) is 5.75 Å². The first-order valence-electron chi connectivity index (χ1n) is 11.6. The van der Waals surface area contributed by atoms with Crippen molar-refractivity contribution in [3.05, 3.63) is 70.5 Å². The molecule has 1 atom stereocenters. The van der Waals surface area contributed by atoms with Gasteiger partial charge in [0.25, 0.3) is 11.7 Å². The molecule has 1 saturated carbocycles. The van der Waals surface area contributed by atoms with Crippen molar-refractivity contribution in [2.24, 2.45) is 0 Å². The maximum atomic E-state index is 13.7. The molecule has 1 unspecified atom stereocenters. The molecule has 1 amide bonds. The number of carbonyl (C=O) groups excluding carboxylic acids is 2. The summed E-state index contributed by atoms with van der Waals surface area (Å²) in [7, 11) is 1.59. The van der Waals surface area contributed by atoms with Crippen molar-refractivity contribution >= 4 is 17.4 Å². The third kappa shape index (κ3) is 4.26. The molecule has 2 aliphatic rings. The highest BCUT2D eigenvalue weighted by Gasteiger charge is 2.48. The number of benzene rings is 2. The van der Waals surface area contributed by atoms with Crippen LogP contribution in [-0.2, 0) is 9.59 Å². The number of amides is 1. The minimum absolute atomic E-state index is 0.0528. The number of Topliss-reactive ketones (excluding diaryl/α,β-unsaturated/α-hetero) is 1. The summed E-state index contributed by atoms with van der Waals surface area (Å²) in [5.41, 5.74) is 2.01. The van der Waals surface area contributed by atoms with Gasteiger partial charge in [0.15, 0.2) is 0 Å². The molecule has 1 saturated heterocycles. The smallest absolute Gasteiger partial charge is 0.295 e. The Labute approximate surface area is 193 Å². The van der Waals surface area contributed by atoms with E-state index in [0.717, 1.165) is 37.7 Å². The Hall–Kier alpha value is -3.15. The number of aliphatic hydroxyl groups is 1. The fraction of sp³-hybridized carbons (Fsp3) is 0.407. The van der Waals surface area contributed by atoms with E-state index >= 15 is 0 Å². The molecule has 6 heteroatoms. The molecule has 2 fully saturated rings. The predicted octanol–water partition coefficient (Wildman–Crippen LogP) is 5.71. The van der Waals surface area contributed by atoms with E-state index in [1.54, 1.807) is 42.3 Å². The van der Waals surface area contributed by atoms with Gasteiger partial charge in [0, 0.05) is 11.6 Å². The number of hydrogen-bond donors (Lipinski definition) is 1. The fourth-order valence-electron chi connectivity index (χ4n) is 5.05. The lowest BCUT2D eigenvalue weighted by Gasteiger charge is -2.35. The highest BCUT2D eigenvalue weighted by atomic mass is 19.1. The van der Waals surface area contributed by atoms with Crippen molar-refractivity contribution in [3.63, 3.8) is 0 Å². The normalized spacial score (nSPS) is 21.1. The maximum Gasteiger partial charge on any atom is 0.295 e. The number of ketones is 1. The lowest BCUT2D eigenvalue weighted by Crippen LogP contribution is -2.40. The number of nitrogens with zero attached hydrogens (tertiary/aromatic N) is 1. The summed E-state index contributed by atoms with van der Waals surface area (Å²) >= 11 is 0. The second-order valence-corrected chi connectivity index (χ2v) is 9.16. The molecular weight excluding hydrogens is 421 g/mol. The van der Waals surface area contributed by atoms with Gasteiger partial charge in [0.2, 0.25) is 0 Å². The summed E-state index contributed by atoms with van der Waals surface area (Å²) in [6, 6.07) is 10.2. The maximum absolute atomic E-state index is 13.7. The van der Waals surface area contributed by atoms with Gasteiger partial charge in [-0.05, 0) is 60.2 Å². The molecule has 1 N–H and O–H groups in total. The van der Waals surface area contributed by atoms with Gasteiger partial charge in [-0.1, -0.05) is 45.2 Å². The third-order valence-corrected chi connectivity index (χ3v) is 6.76. The summed E-state index contributed by atoms with van der Waals surface area (Å²) in [5.74, 6) is -1.09.